The third kappa shape index (κ3) is 1.62. The van der Waals surface area contributed by atoms with Gasteiger partial charge in [-0.1, -0.05) is 0 Å². The molecule has 5 heteroatoms. The number of rotatable bonds is 3. The van der Waals surface area contributed by atoms with Crippen LogP contribution in [0.15, 0.2) is 18.3 Å². The second-order valence-corrected chi connectivity index (χ2v) is 4.72. The van der Waals surface area contributed by atoms with Gasteiger partial charge in [0.05, 0.1) is 5.54 Å². The summed E-state index contributed by atoms with van der Waals surface area (Å²) in [6, 6.07) is 3.77. The van der Waals surface area contributed by atoms with Crippen LogP contribution >= 0.6 is 0 Å². The van der Waals surface area contributed by atoms with Crippen LogP contribution < -0.4 is 16.0 Å². The molecule has 3 rings (SSSR count). The average Bonchev–Trinajstić information content (AvgIpc) is 3.13. The van der Waals surface area contributed by atoms with Crippen molar-refractivity contribution < 1.29 is 9.59 Å². The molecule has 84 valence electrons. The van der Waals surface area contributed by atoms with Crippen LogP contribution in [0.3, 0.4) is 0 Å². The number of hydrogen-bond donors (Lipinski definition) is 2. The molecule has 0 atom stereocenters. The van der Waals surface area contributed by atoms with Gasteiger partial charge in [0.15, 0.2) is 0 Å². The molecule has 0 bridgehead atoms. The van der Waals surface area contributed by atoms with Crippen LogP contribution in [0.25, 0.3) is 0 Å². The summed E-state index contributed by atoms with van der Waals surface area (Å²) in [6.45, 7) is 0. The topological polar surface area (TPSA) is 71.9 Å². The van der Waals surface area contributed by atoms with Crippen molar-refractivity contribution in [2.75, 3.05) is 5.84 Å². The van der Waals surface area contributed by atoms with Gasteiger partial charge in [-0.05, 0) is 31.7 Å². The van der Waals surface area contributed by atoms with Crippen LogP contribution in [0, 0.1) is 5.92 Å². The molecule has 0 radical (unpaired) electrons. The fourth-order valence-corrected chi connectivity index (χ4v) is 1.92. The molecule has 1 aromatic heterocycles. The van der Waals surface area contributed by atoms with Gasteiger partial charge in [0.2, 0.25) is 12.1 Å². The van der Waals surface area contributed by atoms with Crippen LogP contribution in [0.5, 0.6) is 0 Å². The molecule has 0 aromatic carbocycles. The summed E-state index contributed by atoms with van der Waals surface area (Å²) < 4.78 is 0. The summed E-state index contributed by atoms with van der Waals surface area (Å²) in [4.78, 5) is 13.0. The highest BCUT2D eigenvalue weighted by Crippen LogP contribution is 2.45. The third-order valence-corrected chi connectivity index (χ3v) is 3.27. The number of hydrogen-bond acceptors (Lipinski definition) is 3. The molecule has 2 saturated carbocycles. The van der Waals surface area contributed by atoms with Gasteiger partial charge in [-0.3, -0.25) is 4.79 Å². The molecule has 16 heavy (non-hydrogen) atoms. The van der Waals surface area contributed by atoms with Gasteiger partial charge in [-0.2, -0.15) is 5.84 Å². The highest BCUT2D eigenvalue weighted by molar-refractivity contribution is 5.82. The van der Waals surface area contributed by atoms with Crippen molar-refractivity contribution in [3.8, 4) is 0 Å². The Hall–Kier alpha value is -1.65. The van der Waals surface area contributed by atoms with Crippen LogP contribution in [0.2, 0.25) is 0 Å². The molecule has 1 heterocycles. The van der Waals surface area contributed by atoms with Gasteiger partial charge in [-0.25, -0.2) is 0 Å². The number of nitrogens with zero attached hydrogens (tertiary/aromatic N) is 2. The maximum atomic E-state index is 11.7. The van der Waals surface area contributed by atoms with E-state index >= 15 is 0 Å². The van der Waals surface area contributed by atoms with Gasteiger partial charge < -0.3 is 5.32 Å². The maximum absolute atomic E-state index is 11.7. The Kier molecular flexibility index (Phi) is 1.89. The molecule has 1 amide bonds. The van der Waals surface area contributed by atoms with Crippen molar-refractivity contribution >= 4 is 5.91 Å². The predicted octanol–water partition coefficient (Wildman–Crippen LogP) is -0.402. The lowest BCUT2D eigenvalue weighted by Gasteiger charge is -2.14. The Morgan fingerprint density at radius 2 is 2.31 bits per heavy atom. The Bertz CT molecular complexity index is 437. The lowest BCUT2D eigenvalue weighted by molar-refractivity contribution is -0.701. The van der Waals surface area contributed by atoms with Crippen LogP contribution in [0.4, 0.5) is 0 Å². The Labute approximate surface area is 93.6 Å². The predicted molar refractivity (Wildman–Crippen MR) is 56.4 cm³/mol. The zero-order chi connectivity index (χ0) is 11.2. The minimum atomic E-state index is -0.234. The standard InChI is InChI=1S/C11H14N4O/c12-15-7-1-2-9(14-15)11(5-6-11)13-10(16)8-3-4-8/h1-2,7-8H,3-6H2,(H2-,12,13,14,16)/p+1. The number of nitrogen functional groups attached to an aromatic ring is 1. The Morgan fingerprint density at radius 3 is 2.88 bits per heavy atom. The van der Waals surface area contributed by atoms with E-state index in [4.69, 9.17) is 5.84 Å². The van der Waals surface area contributed by atoms with E-state index in [0.717, 1.165) is 31.4 Å². The minimum Gasteiger partial charge on any atom is -0.345 e. The summed E-state index contributed by atoms with van der Waals surface area (Å²) in [6.07, 6.45) is 5.66. The summed E-state index contributed by atoms with van der Waals surface area (Å²) in [5.74, 6) is 5.99. The first-order valence-corrected chi connectivity index (χ1v) is 5.66. The lowest BCUT2D eigenvalue weighted by Crippen LogP contribution is -2.50. The first-order valence-electron chi connectivity index (χ1n) is 5.66. The fourth-order valence-electron chi connectivity index (χ4n) is 1.92. The molecule has 1 aromatic rings. The Morgan fingerprint density at radius 1 is 1.56 bits per heavy atom. The molecule has 0 aliphatic heterocycles. The van der Waals surface area contributed by atoms with Crippen LogP contribution in [0.1, 0.15) is 31.4 Å². The highest BCUT2D eigenvalue weighted by atomic mass is 16.2. The number of carbonyl (C=O) groups is 1. The zero-order valence-corrected chi connectivity index (χ0v) is 9.02. The van der Waals surface area contributed by atoms with Gasteiger partial charge in [0.1, 0.15) is 5.69 Å². The molecule has 5 nitrogen and oxygen atoms in total. The number of amides is 1. The van der Waals surface area contributed by atoms with E-state index in [1.807, 2.05) is 12.1 Å². The molecule has 2 aliphatic carbocycles. The number of carbonyl (C=O) groups excluding carboxylic acids is 1. The van der Waals surface area contributed by atoms with Crippen molar-refractivity contribution in [2.45, 2.75) is 31.2 Å². The zero-order valence-electron chi connectivity index (χ0n) is 9.02. The van der Waals surface area contributed by atoms with Crippen molar-refractivity contribution in [1.29, 1.82) is 0 Å². The third-order valence-electron chi connectivity index (χ3n) is 3.27. The van der Waals surface area contributed by atoms with E-state index in [2.05, 4.69) is 10.4 Å². The summed E-state index contributed by atoms with van der Waals surface area (Å²) in [5, 5.41) is 7.32. The van der Waals surface area contributed by atoms with Crippen LogP contribution in [-0.2, 0) is 10.3 Å². The average molecular weight is 219 g/mol. The largest absolute Gasteiger partial charge is 0.345 e. The SMILES string of the molecule is N[n+]1cccc(C2(NC(=O)C3CC3)CC2)n1. The molecule has 2 fully saturated rings. The van der Waals surface area contributed by atoms with E-state index in [1.165, 1.54) is 4.79 Å². The van der Waals surface area contributed by atoms with Crippen molar-refractivity contribution in [3.05, 3.63) is 24.0 Å². The molecule has 0 saturated heterocycles. The van der Waals surface area contributed by atoms with E-state index in [1.54, 1.807) is 6.20 Å². The normalized spacial score (nSPS) is 21.5. The molecule has 0 spiro atoms. The molecular formula is C11H15N4O+. The smallest absolute Gasteiger partial charge is 0.230 e. The van der Waals surface area contributed by atoms with E-state index in [9.17, 15) is 4.79 Å². The fraction of sp³-hybridized carbons (Fsp3) is 0.545. The van der Waals surface area contributed by atoms with Gasteiger partial charge >= 0.3 is 0 Å². The quantitative estimate of drug-likeness (QED) is 0.536. The first-order chi connectivity index (χ1) is 7.70. The van der Waals surface area contributed by atoms with E-state index in [0.29, 0.717) is 0 Å². The summed E-state index contributed by atoms with van der Waals surface area (Å²) in [5.41, 5.74) is 0.633. The molecule has 3 N–H and O–H groups in total. The first kappa shape index (κ1) is 9.57. The molecule has 0 unspecified atom stereocenters. The number of aromatic nitrogens is 2. The highest BCUT2D eigenvalue weighted by Gasteiger charge is 2.50. The summed E-state index contributed by atoms with van der Waals surface area (Å²) >= 11 is 0. The van der Waals surface area contributed by atoms with Crippen molar-refractivity contribution in [3.63, 3.8) is 0 Å². The van der Waals surface area contributed by atoms with Gasteiger partial charge in [-0.15, -0.1) is 0 Å². The lowest BCUT2D eigenvalue weighted by atomic mass is 10.1. The Balaban J connectivity index is 1.79. The van der Waals surface area contributed by atoms with Crippen molar-refractivity contribution in [2.24, 2.45) is 5.92 Å². The second kappa shape index (κ2) is 3.17. The number of nitrogens with two attached hydrogens (primary N) is 1. The second-order valence-electron chi connectivity index (χ2n) is 4.72. The molecular weight excluding hydrogens is 204 g/mol. The van der Waals surface area contributed by atoms with E-state index in [-0.39, 0.29) is 17.4 Å². The monoisotopic (exact) mass is 219 g/mol. The minimum absolute atomic E-state index is 0.173. The van der Waals surface area contributed by atoms with Gasteiger partial charge in [0.25, 0.3) is 0 Å². The van der Waals surface area contributed by atoms with Gasteiger partial charge in [0, 0.05) is 21.9 Å². The summed E-state index contributed by atoms with van der Waals surface area (Å²) in [7, 11) is 0. The van der Waals surface area contributed by atoms with E-state index < -0.39 is 0 Å². The van der Waals surface area contributed by atoms with Crippen LogP contribution in [-0.4, -0.2) is 11.0 Å². The van der Waals surface area contributed by atoms with Crippen molar-refractivity contribution in [1.82, 2.24) is 10.4 Å². The number of nitrogens with one attached hydrogen (secondary N) is 1. The maximum Gasteiger partial charge on any atom is 0.230 e. The molecule has 2 aliphatic rings.